The number of halogens is 1. The molecule has 3 rings (SSSR count). The molecule has 1 amide bonds. The molecule has 4 nitrogen and oxygen atoms in total. The van der Waals surface area contributed by atoms with Crippen molar-refractivity contribution in [2.24, 2.45) is 0 Å². The van der Waals surface area contributed by atoms with E-state index in [1.807, 2.05) is 31.2 Å². The average Bonchev–Trinajstić information content (AvgIpc) is 2.64. The molecular weight excluding hydrogens is 345 g/mol. The van der Waals surface area contributed by atoms with Gasteiger partial charge in [0.15, 0.2) is 5.78 Å². The van der Waals surface area contributed by atoms with Crippen LogP contribution in [0.1, 0.15) is 22.3 Å². The van der Waals surface area contributed by atoms with Crippen molar-refractivity contribution >= 4 is 17.8 Å². The zero-order valence-electron chi connectivity index (χ0n) is 15.2. The van der Waals surface area contributed by atoms with E-state index >= 15 is 0 Å². The van der Waals surface area contributed by atoms with Crippen LogP contribution in [-0.2, 0) is 22.4 Å². The molecule has 0 saturated carbocycles. The predicted molar refractivity (Wildman–Crippen MR) is 102 cm³/mol. The van der Waals surface area contributed by atoms with Gasteiger partial charge in [0.1, 0.15) is 5.82 Å². The van der Waals surface area contributed by atoms with Gasteiger partial charge in [-0.15, -0.1) is 0 Å². The van der Waals surface area contributed by atoms with Crippen LogP contribution in [-0.4, -0.2) is 41.4 Å². The van der Waals surface area contributed by atoms with E-state index in [4.69, 9.17) is 0 Å². The molecule has 2 aromatic carbocycles. The first-order chi connectivity index (χ1) is 13.0. The maximum absolute atomic E-state index is 13.8. The standard InChI is InChI=1S/C22H22FNO3/c1-15-6-7-16-12-21(26)19(11-18(16)10-15)14-24(8-9-25)22(27)13-17-4-2-3-5-20(17)23/h2-7,10-11,25H,8-9,12-14H2,1H3. The molecule has 0 aromatic heterocycles. The second-order valence-corrected chi connectivity index (χ2v) is 6.78. The molecule has 2 aromatic rings. The van der Waals surface area contributed by atoms with E-state index in [9.17, 15) is 19.1 Å². The Morgan fingerprint density at radius 2 is 2.00 bits per heavy atom. The highest BCUT2D eigenvalue weighted by molar-refractivity contribution is 6.04. The highest BCUT2D eigenvalue weighted by Crippen LogP contribution is 2.23. The normalized spacial score (nSPS) is 13.1. The Bertz CT molecular complexity index is 904. The number of hydrogen-bond acceptors (Lipinski definition) is 3. The van der Waals surface area contributed by atoms with E-state index in [0.29, 0.717) is 17.6 Å². The maximum atomic E-state index is 13.8. The largest absolute Gasteiger partial charge is 0.395 e. The molecule has 0 bridgehead atoms. The number of carbonyl (C=O) groups excluding carboxylic acids is 2. The molecule has 0 saturated heterocycles. The van der Waals surface area contributed by atoms with Gasteiger partial charge in [-0.1, -0.05) is 42.0 Å². The Labute approximate surface area is 157 Å². The Balaban J connectivity index is 1.80. The number of benzene rings is 2. The first-order valence-corrected chi connectivity index (χ1v) is 8.93. The average molecular weight is 367 g/mol. The van der Waals surface area contributed by atoms with Gasteiger partial charge in [-0.3, -0.25) is 9.59 Å². The summed E-state index contributed by atoms with van der Waals surface area (Å²) in [5, 5.41) is 9.32. The second-order valence-electron chi connectivity index (χ2n) is 6.78. The summed E-state index contributed by atoms with van der Waals surface area (Å²) in [5.41, 5.74) is 3.89. The quantitative estimate of drug-likeness (QED) is 0.854. The number of Topliss-reactive ketones (excluding diaryl/α,β-unsaturated/α-hetero) is 1. The molecule has 1 aliphatic carbocycles. The first-order valence-electron chi connectivity index (χ1n) is 8.93. The van der Waals surface area contributed by atoms with E-state index in [1.165, 1.54) is 11.0 Å². The number of rotatable bonds is 6. The van der Waals surface area contributed by atoms with Gasteiger partial charge < -0.3 is 10.0 Å². The number of fused-ring (bicyclic) bond motifs is 1. The van der Waals surface area contributed by atoms with E-state index < -0.39 is 5.82 Å². The monoisotopic (exact) mass is 367 g/mol. The summed E-state index contributed by atoms with van der Waals surface area (Å²) >= 11 is 0. The molecule has 0 heterocycles. The Kier molecular flexibility index (Phi) is 5.81. The molecule has 5 heteroatoms. The minimum absolute atomic E-state index is 0.0343. The maximum Gasteiger partial charge on any atom is 0.227 e. The van der Waals surface area contributed by atoms with Crippen LogP contribution >= 0.6 is 0 Å². The van der Waals surface area contributed by atoms with E-state index in [0.717, 1.165) is 16.7 Å². The molecule has 0 fully saturated rings. The molecule has 0 spiro atoms. The van der Waals surface area contributed by atoms with Crippen LogP contribution in [0.4, 0.5) is 4.39 Å². The van der Waals surface area contributed by atoms with Crippen LogP contribution in [0.15, 0.2) is 48.0 Å². The molecule has 140 valence electrons. The fourth-order valence-corrected chi connectivity index (χ4v) is 3.23. The lowest BCUT2D eigenvalue weighted by molar-refractivity contribution is -0.130. The number of hydrogen-bond donors (Lipinski definition) is 1. The molecule has 0 unspecified atom stereocenters. The van der Waals surface area contributed by atoms with Crippen LogP contribution in [0.5, 0.6) is 0 Å². The minimum Gasteiger partial charge on any atom is -0.395 e. The lowest BCUT2D eigenvalue weighted by Gasteiger charge is -2.25. The van der Waals surface area contributed by atoms with Crippen molar-refractivity contribution in [3.63, 3.8) is 0 Å². The third-order valence-electron chi connectivity index (χ3n) is 4.72. The van der Waals surface area contributed by atoms with E-state index in [2.05, 4.69) is 0 Å². The molecule has 0 atom stereocenters. The topological polar surface area (TPSA) is 57.6 Å². The van der Waals surface area contributed by atoms with Crippen molar-refractivity contribution in [3.05, 3.63) is 76.1 Å². The number of aryl methyl sites for hydroxylation is 1. The third kappa shape index (κ3) is 4.49. The minimum atomic E-state index is -0.438. The van der Waals surface area contributed by atoms with Crippen molar-refractivity contribution in [2.75, 3.05) is 19.7 Å². The number of carbonyl (C=O) groups is 2. The van der Waals surface area contributed by atoms with Crippen molar-refractivity contribution in [1.82, 2.24) is 4.90 Å². The lowest BCUT2D eigenvalue weighted by atomic mass is 9.90. The van der Waals surface area contributed by atoms with Gasteiger partial charge in [-0.05, 0) is 35.8 Å². The number of aliphatic hydroxyl groups is 1. The predicted octanol–water partition coefficient (Wildman–Crippen LogP) is 2.71. The zero-order valence-corrected chi connectivity index (χ0v) is 15.2. The number of ketones is 1. The zero-order chi connectivity index (χ0) is 19.4. The Morgan fingerprint density at radius 3 is 2.74 bits per heavy atom. The highest BCUT2D eigenvalue weighted by atomic mass is 19.1. The van der Waals surface area contributed by atoms with Crippen molar-refractivity contribution < 1.29 is 19.1 Å². The van der Waals surface area contributed by atoms with Gasteiger partial charge in [0.2, 0.25) is 5.91 Å². The van der Waals surface area contributed by atoms with Gasteiger partial charge in [-0.25, -0.2) is 4.39 Å². The van der Waals surface area contributed by atoms with Gasteiger partial charge >= 0.3 is 0 Å². The second kappa shape index (κ2) is 8.27. The summed E-state index contributed by atoms with van der Waals surface area (Å²) in [5.74, 6) is -0.793. The number of nitrogens with zero attached hydrogens (tertiary/aromatic N) is 1. The smallest absolute Gasteiger partial charge is 0.227 e. The first kappa shape index (κ1) is 19.0. The van der Waals surface area contributed by atoms with E-state index in [-0.39, 0.29) is 37.8 Å². The van der Waals surface area contributed by atoms with Gasteiger partial charge in [-0.2, -0.15) is 0 Å². The number of aliphatic hydroxyl groups excluding tert-OH is 1. The van der Waals surface area contributed by atoms with Crippen LogP contribution in [0.2, 0.25) is 0 Å². The molecule has 27 heavy (non-hydrogen) atoms. The van der Waals surface area contributed by atoms with Crippen molar-refractivity contribution in [1.29, 1.82) is 0 Å². The summed E-state index contributed by atoms with van der Waals surface area (Å²) in [6.07, 6.45) is 2.01. The summed E-state index contributed by atoms with van der Waals surface area (Å²) in [7, 11) is 0. The highest BCUT2D eigenvalue weighted by Gasteiger charge is 2.23. The SMILES string of the molecule is Cc1ccc2c(c1)C=C(CN(CCO)C(=O)Cc1ccccc1F)C(=O)C2. The van der Waals surface area contributed by atoms with Crippen molar-refractivity contribution in [2.45, 2.75) is 19.8 Å². The summed E-state index contributed by atoms with van der Waals surface area (Å²) in [6, 6.07) is 12.1. The summed E-state index contributed by atoms with van der Waals surface area (Å²) in [4.78, 5) is 26.5. The van der Waals surface area contributed by atoms with E-state index in [1.54, 1.807) is 18.2 Å². The fraction of sp³-hybridized carbons (Fsp3) is 0.273. The fourth-order valence-electron chi connectivity index (χ4n) is 3.23. The van der Waals surface area contributed by atoms with Crippen LogP contribution in [0.3, 0.4) is 0 Å². The molecule has 0 radical (unpaired) electrons. The van der Waals surface area contributed by atoms with Crippen LogP contribution in [0, 0.1) is 12.7 Å². The van der Waals surface area contributed by atoms with Crippen LogP contribution in [0.25, 0.3) is 6.08 Å². The molecule has 1 N–H and O–H groups in total. The summed E-state index contributed by atoms with van der Waals surface area (Å²) in [6.45, 7) is 1.97. The molecule has 0 aliphatic heterocycles. The Morgan fingerprint density at radius 1 is 1.22 bits per heavy atom. The molecular formula is C22H22FNO3. The van der Waals surface area contributed by atoms with Gasteiger partial charge in [0.05, 0.1) is 13.0 Å². The van der Waals surface area contributed by atoms with Crippen molar-refractivity contribution in [3.8, 4) is 0 Å². The third-order valence-corrected chi connectivity index (χ3v) is 4.72. The van der Waals surface area contributed by atoms with Gasteiger partial charge in [0, 0.05) is 25.1 Å². The van der Waals surface area contributed by atoms with Gasteiger partial charge in [0.25, 0.3) is 0 Å². The summed E-state index contributed by atoms with van der Waals surface area (Å²) < 4.78 is 13.8. The van der Waals surface area contributed by atoms with Crippen LogP contribution < -0.4 is 0 Å². The Hall–Kier alpha value is -2.79. The number of amides is 1. The lowest BCUT2D eigenvalue weighted by Crippen LogP contribution is -2.38. The molecule has 1 aliphatic rings.